The summed E-state index contributed by atoms with van der Waals surface area (Å²) in [6.45, 7) is 6.89. The number of ether oxygens (including phenoxy) is 2. The van der Waals surface area contributed by atoms with E-state index in [0.29, 0.717) is 6.61 Å². The molecule has 0 saturated heterocycles. The molecule has 118 valence electrons. The maximum absolute atomic E-state index is 9.43. The van der Waals surface area contributed by atoms with Crippen LogP contribution in [0.15, 0.2) is 48.5 Å². The van der Waals surface area contributed by atoms with Crippen LogP contribution in [0.25, 0.3) is 0 Å². The average molecular weight is 300 g/mol. The van der Waals surface area contributed by atoms with E-state index in [1.54, 1.807) is 19.2 Å². The second kappa shape index (κ2) is 6.84. The predicted molar refractivity (Wildman–Crippen MR) is 88.6 cm³/mol. The number of methoxy groups -OCH3 is 1. The van der Waals surface area contributed by atoms with E-state index in [4.69, 9.17) is 9.47 Å². The minimum Gasteiger partial charge on any atom is -0.508 e. The van der Waals surface area contributed by atoms with Crippen molar-refractivity contribution in [2.75, 3.05) is 13.7 Å². The molecule has 0 aromatic heterocycles. The standard InChI is InChI=1S/C19H24O3/c1-14(13-21-4)22-18-11-7-16(8-12-18)19(2,3)15-5-9-17(20)10-6-15/h5-12,14,20H,13H2,1-4H3. The second-order valence-corrected chi connectivity index (χ2v) is 6.08. The van der Waals surface area contributed by atoms with Crippen molar-refractivity contribution in [1.82, 2.24) is 0 Å². The van der Waals surface area contributed by atoms with Gasteiger partial charge in [-0.25, -0.2) is 0 Å². The molecule has 0 spiro atoms. The predicted octanol–water partition coefficient (Wildman–Crippen LogP) is 4.13. The molecule has 0 aliphatic heterocycles. The zero-order valence-electron chi connectivity index (χ0n) is 13.7. The molecule has 0 radical (unpaired) electrons. The highest BCUT2D eigenvalue weighted by Gasteiger charge is 2.23. The van der Waals surface area contributed by atoms with Gasteiger partial charge in [0.2, 0.25) is 0 Å². The summed E-state index contributed by atoms with van der Waals surface area (Å²) in [4.78, 5) is 0. The zero-order valence-corrected chi connectivity index (χ0v) is 13.7. The molecular weight excluding hydrogens is 276 g/mol. The zero-order chi connectivity index (χ0) is 16.2. The number of hydrogen-bond donors (Lipinski definition) is 1. The first-order valence-corrected chi connectivity index (χ1v) is 7.49. The van der Waals surface area contributed by atoms with Crippen LogP contribution in [0.2, 0.25) is 0 Å². The van der Waals surface area contributed by atoms with Crippen LogP contribution in [-0.2, 0) is 10.2 Å². The van der Waals surface area contributed by atoms with Gasteiger partial charge in [0.15, 0.2) is 0 Å². The third kappa shape index (κ3) is 3.80. The Kier molecular flexibility index (Phi) is 5.09. The first kappa shape index (κ1) is 16.4. The molecule has 0 aliphatic carbocycles. The quantitative estimate of drug-likeness (QED) is 0.871. The van der Waals surface area contributed by atoms with Crippen molar-refractivity contribution < 1.29 is 14.6 Å². The van der Waals surface area contributed by atoms with Crippen LogP contribution in [0.4, 0.5) is 0 Å². The highest BCUT2D eigenvalue weighted by atomic mass is 16.5. The second-order valence-electron chi connectivity index (χ2n) is 6.08. The molecule has 1 atom stereocenters. The van der Waals surface area contributed by atoms with Gasteiger partial charge >= 0.3 is 0 Å². The van der Waals surface area contributed by atoms with E-state index in [-0.39, 0.29) is 17.3 Å². The fourth-order valence-corrected chi connectivity index (χ4v) is 2.50. The van der Waals surface area contributed by atoms with Crippen molar-refractivity contribution in [2.24, 2.45) is 0 Å². The Morgan fingerprint density at radius 3 is 1.95 bits per heavy atom. The van der Waals surface area contributed by atoms with Crippen molar-refractivity contribution in [3.8, 4) is 11.5 Å². The lowest BCUT2D eigenvalue weighted by molar-refractivity contribution is 0.0920. The molecule has 2 aromatic carbocycles. The normalized spacial score (nSPS) is 12.9. The van der Waals surface area contributed by atoms with Crippen LogP contribution >= 0.6 is 0 Å². The number of hydrogen-bond acceptors (Lipinski definition) is 3. The van der Waals surface area contributed by atoms with Crippen LogP contribution < -0.4 is 4.74 Å². The van der Waals surface area contributed by atoms with Gasteiger partial charge in [0.05, 0.1) is 6.61 Å². The molecular formula is C19H24O3. The number of aromatic hydroxyl groups is 1. The van der Waals surface area contributed by atoms with Crippen molar-refractivity contribution >= 4 is 0 Å². The van der Waals surface area contributed by atoms with Crippen molar-refractivity contribution in [1.29, 1.82) is 0 Å². The number of rotatable bonds is 6. The summed E-state index contributed by atoms with van der Waals surface area (Å²) in [7, 11) is 1.67. The molecule has 2 aromatic rings. The van der Waals surface area contributed by atoms with Gasteiger partial charge < -0.3 is 14.6 Å². The van der Waals surface area contributed by atoms with Gasteiger partial charge in [0.1, 0.15) is 17.6 Å². The minimum absolute atomic E-state index is 0.0287. The summed E-state index contributed by atoms with van der Waals surface area (Å²) in [6.07, 6.45) is 0.0287. The Morgan fingerprint density at radius 2 is 1.45 bits per heavy atom. The first-order chi connectivity index (χ1) is 10.4. The lowest BCUT2D eigenvalue weighted by atomic mass is 9.78. The van der Waals surface area contributed by atoms with E-state index in [1.807, 2.05) is 31.2 Å². The third-order valence-electron chi connectivity index (χ3n) is 3.90. The first-order valence-electron chi connectivity index (χ1n) is 7.49. The summed E-state index contributed by atoms with van der Waals surface area (Å²) < 4.78 is 10.9. The molecule has 0 saturated carbocycles. The Bertz CT molecular complexity index is 585. The molecule has 22 heavy (non-hydrogen) atoms. The van der Waals surface area contributed by atoms with Crippen LogP contribution in [0.1, 0.15) is 31.9 Å². The maximum atomic E-state index is 9.43. The van der Waals surface area contributed by atoms with E-state index in [2.05, 4.69) is 26.0 Å². The molecule has 0 heterocycles. The summed E-state index contributed by atoms with van der Waals surface area (Å²) in [5.41, 5.74) is 2.22. The molecule has 1 unspecified atom stereocenters. The monoisotopic (exact) mass is 300 g/mol. The van der Waals surface area contributed by atoms with Crippen molar-refractivity contribution in [3.05, 3.63) is 59.7 Å². The summed E-state index contributed by atoms with van der Waals surface area (Å²) in [6, 6.07) is 15.5. The molecule has 3 heteroatoms. The Balaban J connectivity index is 2.16. The van der Waals surface area contributed by atoms with Gasteiger partial charge in [-0.1, -0.05) is 38.1 Å². The largest absolute Gasteiger partial charge is 0.508 e. The highest BCUT2D eigenvalue weighted by molar-refractivity contribution is 5.41. The number of phenols is 1. The topological polar surface area (TPSA) is 38.7 Å². The molecule has 0 amide bonds. The summed E-state index contributed by atoms with van der Waals surface area (Å²) >= 11 is 0. The smallest absolute Gasteiger partial charge is 0.119 e. The van der Waals surface area contributed by atoms with Gasteiger partial charge in [-0.2, -0.15) is 0 Å². The van der Waals surface area contributed by atoms with Gasteiger partial charge in [0, 0.05) is 12.5 Å². The molecule has 0 bridgehead atoms. The Morgan fingerprint density at radius 1 is 0.955 bits per heavy atom. The van der Waals surface area contributed by atoms with E-state index < -0.39 is 0 Å². The third-order valence-corrected chi connectivity index (χ3v) is 3.90. The fraction of sp³-hybridized carbons (Fsp3) is 0.368. The molecule has 0 fully saturated rings. The Hall–Kier alpha value is -2.00. The van der Waals surface area contributed by atoms with Crippen LogP contribution in [-0.4, -0.2) is 24.9 Å². The van der Waals surface area contributed by atoms with E-state index in [1.165, 1.54) is 5.56 Å². The molecule has 3 nitrogen and oxygen atoms in total. The van der Waals surface area contributed by atoms with E-state index in [0.717, 1.165) is 11.3 Å². The summed E-state index contributed by atoms with van der Waals surface area (Å²) in [5.74, 6) is 1.13. The number of benzene rings is 2. The number of phenolic OH excluding ortho intramolecular Hbond substituents is 1. The van der Waals surface area contributed by atoms with Gasteiger partial charge in [-0.15, -0.1) is 0 Å². The minimum atomic E-state index is -0.135. The SMILES string of the molecule is COCC(C)Oc1ccc(C(C)(C)c2ccc(O)cc2)cc1. The fourth-order valence-electron chi connectivity index (χ4n) is 2.50. The van der Waals surface area contributed by atoms with Gasteiger partial charge in [-0.05, 0) is 42.3 Å². The highest BCUT2D eigenvalue weighted by Crippen LogP contribution is 2.33. The van der Waals surface area contributed by atoms with E-state index >= 15 is 0 Å². The lowest BCUT2D eigenvalue weighted by Gasteiger charge is -2.26. The van der Waals surface area contributed by atoms with Gasteiger partial charge in [-0.3, -0.25) is 0 Å². The Labute approximate surface area is 132 Å². The molecule has 1 N–H and O–H groups in total. The van der Waals surface area contributed by atoms with Crippen LogP contribution in [0.3, 0.4) is 0 Å². The van der Waals surface area contributed by atoms with Crippen molar-refractivity contribution in [2.45, 2.75) is 32.3 Å². The lowest BCUT2D eigenvalue weighted by Crippen LogP contribution is -2.19. The van der Waals surface area contributed by atoms with Gasteiger partial charge in [0.25, 0.3) is 0 Å². The van der Waals surface area contributed by atoms with Crippen LogP contribution in [0.5, 0.6) is 11.5 Å². The van der Waals surface area contributed by atoms with Crippen molar-refractivity contribution in [3.63, 3.8) is 0 Å². The summed E-state index contributed by atoms with van der Waals surface area (Å²) in [5, 5.41) is 9.43. The van der Waals surface area contributed by atoms with Crippen LogP contribution in [0, 0.1) is 0 Å². The van der Waals surface area contributed by atoms with E-state index in [9.17, 15) is 5.11 Å². The maximum Gasteiger partial charge on any atom is 0.119 e. The molecule has 2 rings (SSSR count). The average Bonchev–Trinajstić information content (AvgIpc) is 2.48. The molecule has 0 aliphatic rings.